The molecule has 2 amide bonds. The second kappa shape index (κ2) is 7.29. The van der Waals surface area contributed by atoms with Crippen molar-refractivity contribution >= 4 is 34.6 Å². The number of nitrogens with zero attached hydrogens (tertiary/aromatic N) is 2. The third-order valence-electron chi connectivity index (χ3n) is 5.24. The van der Waals surface area contributed by atoms with Gasteiger partial charge in [-0.2, -0.15) is 11.3 Å². The summed E-state index contributed by atoms with van der Waals surface area (Å²) in [5.41, 5.74) is 2.78. The van der Waals surface area contributed by atoms with Crippen LogP contribution in [0.5, 0.6) is 5.75 Å². The minimum Gasteiger partial charge on any atom is -0.497 e. The maximum absolute atomic E-state index is 13.3. The first-order valence-electron chi connectivity index (χ1n) is 8.80. The number of hydrogen-bond donors (Lipinski definition) is 1. The number of amides is 2. The number of methoxy groups -OCH3 is 2. The lowest BCUT2D eigenvalue weighted by Gasteiger charge is -2.39. The average Bonchev–Trinajstić information content (AvgIpc) is 3.22. The second-order valence-corrected chi connectivity index (χ2v) is 7.41. The van der Waals surface area contributed by atoms with Gasteiger partial charge in [-0.1, -0.05) is 6.08 Å². The Morgan fingerprint density at radius 1 is 1.29 bits per heavy atom. The van der Waals surface area contributed by atoms with E-state index in [1.807, 2.05) is 17.5 Å². The van der Waals surface area contributed by atoms with Crippen molar-refractivity contribution in [3.8, 4) is 5.75 Å². The predicted molar refractivity (Wildman–Crippen MR) is 106 cm³/mol. The topological polar surface area (TPSA) is 79.3 Å². The van der Waals surface area contributed by atoms with Gasteiger partial charge in [-0.3, -0.25) is 4.79 Å². The molecule has 1 aromatic heterocycles. The third-order valence-corrected chi connectivity index (χ3v) is 5.92. The number of fused-ring (bicyclic) bond motifs is 2. The number of rotatable bonds is 3. The number of carbonyl (C=O) groups excluding carboxylic acids is 1. The van der Waals surface area contributed by atoms with E-state index in [9.17, 15) is 14.7 Å². The predicted octanol–water partition coefficient (Wildman–Crippen LogP) is 3.53. The number of benzene rings is 1. The largest absolute Gasteiger partial charge is 0.497 e. The summed E-state index contributed by atoms with van der Waals surface area (Å²) >= 11 is 1.60. The lowest BCUT2D eigenvalue weighted by atomic mass is 9.94. The maximum Gasteiger partial charge on any atom is 0.414 e. The van der Waals surface area contributed by atoms with Gasteiger partial charge in [0, 0.05) is 13.7 Å². The van der Waals surface area contributed by atoms with E-state index in [0.717, 1.165) is 16.0 Å². The van der Waals surface area contributed by atoms with E-state index in [4.69, 9.17) is 9.47 Å². The highest BCUT2D eigenvalue weighted by Gasteiger charge is 2.44. The Morgan fingerprint density at radius 3 is 2.75 bits per heavy atom. The molecule has 0 saturated heterocycles. The molecule has 0 bridgehead atoms. The van der Waals surface area contributed by atoms with Crippen LogP contribution in [0, 0.1) is 0 Å². The van der Waals surface area contributed by atoms with Crippen LogP contribution in [0.4, 0.5) is 10.5 Å². The molecule has 28 heavy (non-hydrogen) atoms. The van der Waals surface area contributed by atoms with Gasteiger partial charge < -0.3 is 19.5 Å². The van der Waals surface area contributed by atoms with E-state index in [1.54, 1.807) is 34.4 Å². The van der Waals surface area contributed by atoms with Crippen LogP contribution in [0.1, 0.15) is 22.3 Å². The standard InChI is InChI=1S/C20H20N2O5S/c1-26-14-3-4-16-15(10-14)18(23)21-7-5-12(13-6-8-28-11-13)9-17(21)19(27-2)22(16)20(24)25/h3-6,8,10-11,17,19H,7,9H2,1-2H3,(H,24,25). The molecule has 0 radical (unpaired) electrons. The van der Waals surface area contributed by atoms with Crippen LogP contribution >= 0.6 is 11.3 Å². The van der Waals surface area contributed by atoms with Crippen molar-refractivity contribution in [2.75, 3.05) is 25.7 Å². The quantitative estimate of drug-likeness (QED) is 0.853. The maximum atomic E-state index is 13.3. The number of anilines is 1. The summed E-state index contributed by atoms with van der Waals surface area (Å²) in [6.07, 6.45) is 0.549. The molecule has 2 atom stereocenters. The molecule has 0 aliphatic carbocycles. The Bertz CT molecular complexity index is 940. The van der Waals surface area contributed by atoms with Gasteiger partial charge in [-0.25, -0.2) is 9.69 Å². The zero-order chi connectivity index (χ0) is 19.8. The summed E-state index contributed by atoms with van der Waals surface area (Å²) < 4.78 is 10.9. The van der Waals surface area contributed by atoms with E-state index < -0.39 is 18.4 Å². The van der Waals surface area contributed by atoms with Crippen molar-refractivity contribution in [1.82, 2.24) is 4.90 Å². The second-order valence-electron chi connectivity index (χ2n) is 6.63. The molecule has 4 rings (SSSR count). The van der Waals surface area contributed by atoms with Gasteiger partial charge in [0.2, 0.25) is 0 Å². The molecule has 2 unspecified atom stereocenters. The lowest BCUT2D eigenvalue weighted by molar-refractivity contribution is 0.0191. The molecule has 0 fully saturated rings. The fourth-order valence-electron chi connectivity index (χ4n) is 3.90. The highest BCUT2D eigenvalue weighted by molar-refractivity contribution is 7.08. The summed E-state index contributed by atoms with van der Waals surface area (Å²) in [5.74, 6) is 0.265. The van der Waals surface area contributed by atoms with Crippen LogP contribution in [0.3, 0.4) is 0 Å². The zero-order valence-corrected chi connectivity index (χ0v) is 16.3. The first-order valence-corrected chi connectivity index (χ1v) is 9.75. The van der Waals surface area contributed by atoms with Crippen LogP contribution in [-0.2, 0) is 4.74 Å². The zero-order valence-electron chi connectivity index (χ0n) is 15.5. The van der Waals surface area contributed by atoms with Crippen LogP contribution in [0.2, 0.25) is 0 Å². The highest BCUT2D eigenvalue weighted by atomic mass is 32.1. The van der Waals surface area contributed by atoms with E-state index in [-0.39, 0.29) is 5.91 Å². The van der Waals surface area contributed by atoms with E-state index in [0.29, 0.717) is 30.0 Å². The fourth-order valence-corrected chi connectivity index (χ4v) is 4.58. The van der Waals surface area contributed by atoms with E-state index >= 15 is 0 Å². The summed E-state index contributed by atoms with van der Waals surface area (Å²) in [6.45, 7) is 0.388. The van der Waals surface area contributed by atoms with Crippen molar-refractivity contribution in [2.24, 2.45) is 0 Å². The summed E-state index contributed by atoms with van der Waals surface area (Å²) in [7, 11) is 2.98. The Labute approximate surface area is 166 Å². The Hall–Kier alpha value is -2.84. The molecular formula is C20H20N2O5S. The first-order chi connectivity index (χ1) is 13.5. The molecule has 2 aliphatic rings. The van der Waals surface area contributed by atoms with Crippen molar-refractivity contribution in [2.45, 2.75) is 18.7 Å². The molecule has 3 heterocycles. The van der Waals surface area contributed by atoms with Gasteiger partial charge in [0.1, 0.15) is 5.75 Å². The van der Waals surface area contributed by atoms with Gasteiger partial charge in [-0.05, 0) is 52.6 Å². The smallest absolute Gasteiger partial charge is 0.414 e. The lowest BCUT2D eigenvalue weighted by Crippen LogP contribution is -2.55. The van der Waals surface area contributed by atoms with Crippen LogP contribution in [-0.4, -0.2) is 55.0 Å². The number of carboxylic acid groups (broad SMARTS) is 1. The normalized spacial score (nSPS) is 21.5. The molecule has 2 aliphatic heterocycles. The van der Waals surface area contributed by atoms with Gasteiger partial charge in [0.25, 0.3) is 5.91 Å². The molecule has 2 aromatic rings. The summed E-state index contributed by atoms with van der Waals surface area (Å²) in [6, 6.07) is 6.42. The number of thiophene rings is 1. The molecule has 1 N–H and O–H groups in total. The SMILES string of the molecule is COc1ccc2c(c1)C(=O)N1CC=C(c3ccsc3)CC1C(OC)N2C(=O)O. The molecule has 0 saturated carbocycles. The number of carbonyl (C=O) groups is 2. The van der Waals surface area contributed by atoms with Gasteiger partial charge in [0.05, 0.1) is 24.4 Å². The summed E-state index contributed by atoms with van der Waals surface area (Å²) in [4.78, 5) is 28.3. The Kier molecular flexibility index (Phi) is 4.82. The molecule has 1 aromatic carbocycles. The Balaban J connectivity index is 1.84. The van der Waals surface area contributed by atoms with Crippen LogP contribution in [0.25, 0.3) is 5.57 Å². The molecule has 146 valence electrons. The van der Waals surface area contributed by atoms with E-state index in [1.165, 1.54) is 14.2 Å². The fraction of sp³-hybridized carbons (Fsp3) is 0.300. The highest BCUT2D eigenvalue weighted by Crippen LogP contribution is 2.38. The van der Waals surface area contributed by atoms with Crippen molar-refractivity contribution in [1.29, 1.82) is 0 Å². The van der Waals surface area contributed by atoms with Crippen molar-refractivity contribution in [3.63, 3.8) is 0 Å². The number of ether oxygens (including phenoxy) is 2. The summed E-state index contributed by atoms with van der Waals surface area (Å²) in [5, 5.41) is 14.0. The van der Waals surface area contributed by atoms with Gasteiger partial charge in [-0.15, -0.1) is 0 Å². The minimum absolute atomic E-state index is 0.231. The minimum atomic E-state index is -1.17. The average molecular weight is 400 g/mol. The van der Waals surface area contributed by atoms with Crippen LogP contribution in [0.15, 0.2) is 41.1 Å². The number of hydrogen-bond acceptors (Lipinski definition) is 5. The molecular weight excluding hydrogens is 380 g/mol. The van der Waals surface area contributed by atoms with Gasteiger partial charge in [0.15, 0.2) is 6.23 Å². The monoisotopic (exact) mass is 400 g/mol. The van der Waals surface area contributed by atoms with Crippen molar-refractivity contribution in [3.05, 3.63) is 52.2 Å². The third kappa shape index (κ3) is 2.94. The molecule has 8 heteroatoms. The molecule has 7 nitrogen and oxygen atoms in total. The first kappa shape index (κ1) is 18.5. The molecule has 0 spiro atoms. The van der Waals surface area contributed by atoms with Crippen LogP contribution < -0.4 is 9.64 Å². The van der Waals surface area contributed by atoms with E-state index in [2.05, 4.69) is 5.38 Å². The van der Waals surface area contributed by atoms with Crippen molar-refractivity contribution < 1.29 is 24.2 Å². The van der Waals surface area contributed by atoms with Gasteiger partial charge >= 0.3 is 6.09 Å². The Morgan fingerprint density at radius 2 is 2.11 bits per heavy atom.